The van der Waals surface area contributed by atoms with Crippen LogP contribution in [0.1, 0.15) is 49.4 Å². The van der Waals surface area contributed by atoms with E-state index < -0.39 is 34.8 Å². The third-order valence-electron chi connectivity index (χ3n) is 6.29. The SMILES string of the molecule is Cc1cc(Nc2nccc(C(F)(F)F)n2)cc(-c2cnc([C@@]3(O)CC[C@H](C(=O)[O-])C(C)(C)C3)s2)c1.[K+]. The van der Waals surface area contributed by atoms with Gasteiger partial charge in [0.15, 0.2) is 0 Å². The number of rotatable bonds is 5. The Hall–Kier alpha value is -1.41. The molecule has 0 unspecified atom stereocenters. The number of aromatic nitrogens is 3. The number of aliphatic hydroxyl groups is 1. The van der Waals surface area contributed by atoms with Crippen molar-refractivity contribution in [3.05, 3.63) is 52.9 Å². The molecule has 4 rings (SSSR count). The summed E-state index contributed by atoms with van der Waals surface area (Å²) in [6, 6.07) is 6.20. The Bertz CT molecular complexity index is 1270. The van der Waals surface area contributed by atoms with E-state index in [2.05, 4.69) is 20.3 Å². The molecule has 0 radical (unpaired) electrons. The van der Waals surface area contributed by atoms with Crippen LogP contribution in [0.4, 0.5) is 24.8 Å². The molecule has 2 aromatic heterocycles. The van der Waals surface area contributed by atoms with Gasteiger partial charge in [0.2, 0.25) is 5.95 Å². The maximum absolute atomic E-state index is 13.0. The number of thiazole rings is 1. The van der Waals surface area contributed by atoms with Crippen LogP contribution in [0.3, 0.4) is 0 Å². The van der Waals surface area contributed by atoms with Gasteiger partial charge in [0.1, 0.15) is 16.3 Å². The number of carbonyl (C=O) groups is 1. The van der Waals surface area contributed by atoms with Crippen LogP contribution < -0.4 is 61.8 Å². The van der Waals surface area contributed by atoms with Gasteiger partial charge >= 0.3 is 57.6 Å². The smallest absolute Gasteiger partial charge is 0.550 e. The number of halogens is 3. The van der Waals surface area contributed by atoms with E-state index in [0.29, 0.717) is 10.7 Å². The minimum atomic E-state index is -4.58. The molecule has 3 aromatic rings. The van der Waals surface area contributed by atoms with Crippen LogP contribution in [-0.2, 0) is 16.6 Å². The summed E-state index contributed by atoms with van der Waals surface area (Å²) in [5.41, 5.74) is -0.850. The molecule has 1 aromatic carbocycles. The molecule has 0 saturated heterocycles. The number of carboxylic acids is 1. The monoisotopic (exact) mass is 544 g/mol. The van der Waals surface area contributed by atoms with Crippen LogP contribution in [0, 0.1) is 18.3 Å². The standard InChI is InChI=1S/C24H25F3N4O3S.K/c1-13-8-14(10-15(9-13)30-21-28-7-5-18(31-21)24(25,26)27)17-11-29-20(35-17)23(34)6-4-16(19(32)33)22(2,3)12-23;/h5,7-11,16,34H,4,6,12H2,1-3H3,(H,32,33)(H,28,30,31);/q;+1/p-1/t16-,23-;/m1./s1. The first-order valence-corrected chi connectivity index (χ1v) is 11.8. The Morgan fingerprint density at radius 3 is 2.61 bits per heavy atom. The number of alkyl halides is 3. The van der Waals surface area contributed by atoms with Crippen LogP contribution in [0.15, 0.2) is 36.7 Å². The number of hydrogen-bond acceptors (Lipinski definition) is 8. The van der Waals surface area contributed by atoms with Crippen LogP contribution in [0.2, 0.25) is 0 Å². The van der Waals surface area contributed by atoms with Crippen LogP contribution in [0.25, 0.3) is 10.4 Å². The molecule has 7 nitrogen and oxygen atoms in total. The molecule has 36 heavy (non-hydrogen) atoms. The Labute approximate surface area is 253 Å². The number of nitrogens with one attached hydrogen (secondary N) is 1. The van der Waals surface area contributed by atoms with E-state index in [9.17, 15) is 28.2 Å². The van der Waals surface area contributed by atoms with Crippen molar-refractivity contribution in [2.75, 3.05) is 5.32 Å². The van der Waals surface area contributed by atoms with Crippen molar-refractivity contribution in [3.63, 3.8) is 0 Å². The summed E-state index contributed by atoms with van der Waals surface area (Å²) in [4.78, 5) is 24.1. The molecule has 0 amide bonds. The molecular formula is C24H24F3KN4O3S. The van der Waals surface area contributed by atoms with Gasteiger partial charge in [-0.1, -0.05) is 19.9 Å². The second-order valence-corrected chi connectivity index (χ2v) is 10.6. The molecular weight excluding hydrogens is 520 g/mol. The molecule has 2 N–H and O–H groups in total. The second kappa shape index (κ2) is 10.8. The fourth-order valence-electron chi connectivity index (χ4n) is 4.68. The number of carboxylic acid groups (broad SMARTS) is 1. The topological polar surface area (TPSA) is 111 Å². The van der Waals surface area contributed by atoms with E-state index in [-0.39, 0.29) is 76.6 Å². The second-order valence-electron chi connectivity index (χ2n) is 9.61. The average molecular weight is 545 g/mol. The molecule has 2 heterocycles. The summed E-state index contributed by atoms with van der Waals surface area (Å²) in [5, 5.41) is 26.2. The van der Waals surface area contributed by atoms with Gasteiger partial charge in [-0.3, -0.25) is 0 Å². The Morgan fingerprint density at radius 1 is 1.25 bits per heavy atom. The van der Waals surface area contributed by atoms with Crippen molar-refractivity contribution in [2.24, 2.45) is 11.3 Å². The Balaban J connectivity index is 0.00000361. The quantitative estimate of drug-likeness (QED) is 0.468. The van der Waals surface area contributed by atoms with Crippen LogP contribution in [-0.4, -0.2) is 26.0 Å². The Kier molecular flexibility index (Phi) is 8.71. The van der Waals surface area contributed by atoms with Gasteiger partial charge in [0.05, 0.1) is 4.88 Å². The number of hydrogen-bond donors (Lipinski definition) is 2. The largest absolute Gasteiger partial charge is 1.00 e. The minimum absolute atomic E-state index is 0. The maximum atomic E-state index is 13.0. The molecule has 2 atom stereocenters. The van der Waals surface area contributed by atoms with E-state index in [4.69, 9.17) is 0 Å². The maximum Gasteiger partial charge on any atom is 1.00 e. The predicted octanol–water partition coefficient (Wildman–Crippen LogP) is 1.44. The third kappa shape index (κ3) is 6.34. The Morgan fingerprint density at radius 2 is 1.97 bits per heavy atom. The molecule has 1 aliphatic carbocycles. The zero-order chi connectivity index (χ0) is 25.6. The molecule has 186 valence electrons. The van der Waals surface area contributed by atoms with E-state index in [1.54, 1.807) is 32.2 Å². The zero-order valence-electron chi connectivity index (χ0n) is 20.3. The van der Waals surface area contributed by atoms with Gasteiger partial charge in [0.25, 0.3) is 0 Å². The van der Waals surface area contributed by atoms with Crippen LogP contribution >= 0.6 is 11.3 Å². The molecule has 1 saturated carbocycles. The minimum Gasteiger partial charge on any atom is -0.550 e. The first-order valence-electron chi connectivity index (χ1n) is 11.0. The molecule has 0 spiro atoms. The van der Waals surface area contributed by atoms with Crippen molar-refractivity contribution in [1.82, 2.24) is 15.0 Å². The van der Waals surface area contributed by atoms with Crippen molar-refractivity contribution < 1.29 is 79.6 Å². The fraction of sp³-hybridized carbons (Fsp3) is 0.417. The van der Waals surface area contributed by atoms with Gasteiger partial charge in [-0.15, -0.1) is 11.3 Å². The van der Waals surface area contributed by atoms with Gasteiger partial charge in [0, 0.05) is 30.0 Å². The molecule has 12 heteroatoms. The average Bonchev–Trinajstić information content (AvgIpc) is 3.23. The normalized spacial score (nSPS) is 21.5. The van der Waals surface area contributed by atoms with Gasteiger partial charge in [-0.2, -0.15) is 13.2 Å². The number of aryl methyl sites for hydroxylation is 1. The number of carbonyl (C=O) groups excluding carboxylic acids is 1. The third-order valence-corrected chi connectivity index (χ3v) is 7.53. The summed E-state index contributed by atoms with van der Waals surface area (Å²) in [5.74, 6) is -1.94. The number of aliphatic carboxylic acids is 1. The molecule has 1 fully saturated rings. The summed E-state index contributed by atoms with van der Waals surface area (Å²) in [6.07, 6.45) is -1.12. The first-order chi connectivity index (χ1) is 16.3. The molecule has 0 bridgehead atoms. The van der Waals surface area contributed by atoms with E-state index in [1.165, 1.54) is 11.3 Å². The summed E-state index contributed by atoms with van der Waals surface area (Å²) < 4.78 is 38.9. The van der Waals surface area contributed by atoms with Crippen molar-refractivity contribution >= 4 is 28.9 Å². The number of nitrogens with zero attached hydrogens (tertiary/aromatic N) is 3. The number of anilines is 2. The van der Waals surface area contributed by atoms with Crippen molar-refractivity contribution in [2.45, 2.75) is 51.8 Å². The van der Waals surface area contributed by atoms with Gasteiger partial charge in [-0.25, -0.2) is 15.0 Å². The molecule has 0 aliphatic heterocycles. The fourth-order valence-corrected chi connectivity index (χ4v) is 5.70. The number of benzene rings is 1. The summed E-state index contributed by atoms with van der Waals surface area (Å²) in [6.45, 7) is 5.46. The van der Waals surface area contributed by atoms with Crippen molar-refractivity contribution in [1.29, 1.82) is 0 Å². The predicted molar refractivity (Wildman–Crippen MR) is 123 cm³/mol. The molecule has 1 aliphatic rings. The van der Waals surface area contributed by atoms with E-state index >= 15 is 0 Å². The first kappa shape index (κ1) is 29.1. The summed E-state index contributed by atoms with van der Waals surface area (Å²) in [7, 11) is 0. The van der Waals surface area contributed by atoms with Gasteiger partial charge in [-0.05, 0) is 60.9 Å². The summed E-state index contributed by atoms with van der Waals surface area (Å²) >= 11 is 1.30. The zero-order valence-corrected chi connectivity index (χ0v) is 24.2. The van der Waals surface area contributed by atoms with Crippen LogP contribution in [0.5, 0.6) is 0 Å². The van der Waals surface area contributed by atoms with Gasteiger partial charge < -0.3 is 20.3 Å². The van der Waals surface area contributed by atoms with E-state index in [1.807, 2.05) is 13.0 Å². The van der Waals surface area contributed by atoms with E-state index in [0.717, 1.165) is 28.3 Å². The van der Waals surface area contributed by atoms with Crippen molar-refractivity contribution in [3.8, 4) is 10.4 Å².